The molecule has 0 saturated carbocycles. The number of carbonyl (C=O) groups is 2. The van der Waals surface area contributed by atoms with Crippen molar-refractivity contribution in [1.29, 1.82) is 0 Å². The SMILES string of the molecule is CC(C)N.O=C1CCCC(=O)O1. The monoisotopic (exact) mass is 173 g/mol. The van der Waals surface area contributed by atoms with E-state index in [9.17, 15) is 9.59 Å². The van der Waals surface area contributed by atoms with Crippen LogP contribution in [0.1, 0.15) is 33.1 Å². The minimum atomic E-state index is -0.388. The van der Waals surface area contributed by atoms with E-state index in [-0.39, 0.29) is 11.9 Å². The highest BCUT2D eigenvalue weighted by Crippen LogP contribution is 2.06. The van der Waals surface area contributed by atoms with E-state index in [2.05, 4.69) is 4.74 Å². The molecule has 1 aliphatic heterocycles. The number of cyclic esters (lactones) is 2. The van der Waals surface area contributed by atoms with Gasteiger partial charge in [-0.25, -0.2) is 0 Å². The highest BCUT2D eigenvalue weighted by molar-refractivity contribution is 5.87. The van der Waals surface area contributed by atoms with Crippen LogP contribution in [0.4, 0.5) is 0 Å². The van der Waals surface area contributed by atoms with Crippen LogP contribution < -0.4 is 5.73 Å². The van der Waals surface area contributed by atoms with Gasteiger partial charge in [0.1, 0.15) is 0 Å². The zero-order chi connectivity index (χ0) is 9.56. The van der Waals surface area contributed by atoms with Crippen molar-refractivity contribution in [3.8, 4) is 0 Å². The predicted octanol–water partition coefficient (Wildman–Crippen LogP) is 0.594. The summed E-state index contributed by atoms with van der Waals surface area (Å²) in [5.74, 6) is -0.775. The third-order valence-corrected chi connectivity index (χ3v) is 0.989. The first-order chi connectivity index (χ1) is 5.52. The topological polar surface area (TPSA) is 69.4 Å². The molecule has 4 heteroatoms. The fourth-order valence-electron chi connectivity index (χ4n) is 0.606. The molecule has 0 aliphatic carbocycles. The molecule has 4 nitrogen and oxygen atoms in total. The summed E-state index contributed by atoms with van der Waals surface area (Å²) in [4.78, 5) is 20.5. The lowest BCUT2D eigenvalue weighted by molar-refractivity contribution is -0.163. The maximum atomic E-state index is 10.2. The summed E-state index contributed by atoms with van der Waals surface area (Å²) in [5.41, 5.74) is 5.11. The van der Waals surface area contributed by atoms with Crippen molar-refractivity contribution in [1.82, 2.24) is 0 Å². The van der Waals surface area contributed by atoms with Gasteiger partial charge in [-0.15, -0.1) is 0 Å². The molecule has 1 saturated heterocycles. The Kier molecular flexibility index (Phi) is 5.28. The van der Waals surface area contributed by atoms with Gasteiger partial charge in [0, 0.05) is 12.8 Å². The molecule has 0 atom stereocenters. The summed E-state index contributed by atoms with van der Waals surface area (Å²) in [6, 6.07) is 0.333. The van der Waals surface area contributed by atoms with E-state index in [0.29, 0.717) is 25.3 Å². The van der Waals surface area contributed by atoms with Gasteiger partial charge >= 0.3 is 11.9 Å². The fraction of sp³-hybridized carbons (Fsp3) is 0.750. The molecule has 0 bridgehead atoms. The number of nitrogens with two attached hydrogens (primary N) is 1. The molecule has 0 unspecified atom stereocenters. The van der Waals surface area contributed by atoms with Crippen LogP contribution in [0.15, 0.2) is 0 Å². The quantitative estimate of drug-likeness (QED) is 0.430. The third-order valence-electron chi connectivity index (χ3n) is 0.989. The van der Waals surface area contributed by atoms with Crippen LogP contribution in [0.2, 0.25) is 0 Å². The molecule has 0 aromatic rings. The van der Waals surface area contributed by atoms with Gasteiger partial charge < -0.3 is 10.5 Å². The van der Waals surface area contributed by atoms with E-state index >= 15 is 0 Å². The van der Waals surface area contributed by atoms with Crippen LogP contribution in [0.25, 0.3) is 0 Å². The smallest absolute Gasteiger partial charge is 0.313 e. The molecule has 0 aromatic carbocycles. The Bertz CT molecular complexity index is 149. The molecular formula is C8H15NO3. The summed E-state index contributed by atoms with van der Waals surface area (Å²) in [6.07, 6.45) is 1.44. The van der Waals surface area contributed by atoms with Crippen molar-refractivity contribution in [2.45, 2.75) is 39.2 Å². The van der Waals surface area contributed by atoms with E-state index < -0.39 is 0 Å². The van der Waals surface area contributed by atoms with Gasteiger partial charge in [-0.1, -0.05) is 13.8 Å². The van der Waals surface area contributed by atoms with E-state index in [1.807, 2.05) is 13.8 Å². The molecule has 0 aromatic heterocycles. The lowest BCUT2D eigenvalue weighted by Crippen LogP contribution is -2.17. The van der Waals surface area contributed by atoms with E-state index in [1.54, 1.807) is 0 Å². The Labute approximate surface area is 72.1 Å². The summed E-state index contributed by atoms with van der Waals surface area (Å²) < 4.78 is 4.21. The molecule has 70 valence electrons. The largest absolute Gasteiger partial charge is 0.393 e. The second kappa shape index (κ2) is 5.71. The van der Waals surface area contributed by atoms with Gasteiger partial charge in [0.15, 0.2) is 0 Å². The van der Waals surface area contributed by atoms with E-state index in [4.69, 9.17) is 5.73 Å². The van der Waals surface area contributed by atoms with Crippen molar-refractivity contribution in [2.24, 2.45) is 5.73 Å². The van der Waals surface area contributed by atoms with Gasteiger partial charge in [-0.05, 0) is 12.5 Å². The van der Waals surface area contributed by atoms with Crippen molar-refractivity contribution in [3.63, 3.8) is 0 Å². The highest BCUT2D eigenvalue weighted by Gasteiger charge is 2.15. The average molecular weight is 173 g/mol. The molecule has 1 rings (SSSR count). The zero-order valence-electron chi connectivity index (χ0n) is 7.50. The fourth-order valence-corrected chi connectivity index (χ4v) is 0.606. The second-order valence-corrected chi connectivity index (χ2v) is 2.94. The van der Waals surface area contributed by atoms with Crippen molar-refractivity contribution >= 4 is 11.9 Å². The Morgan fingerprint density at radius 2 is 1.58 bits per heavy atom. The van der Waals surface area contributed by atoms with E-state index in [0.717, 1.165) is 0 Å². The van der Waals surface area contributed by atoms with Crippen LogP contribution in [0.5, 0.6) is 0 Å². The standard InChI is InChI=1S/C5H6O3.C3H9N/c6-4-2-1-3-5(7)8-4;1-3(2)4/h1-3H2;3H,4H2,1-2H3. The molecular weight excluding hydrogens is 158 g/mol. The van der Waals surface area contributed by atoms with Crippen molar-refractivity contribution < 1.29 is 14.3 Å². The average Bonchev–Trinajstić information content (AvgIpc) is 1.84. The lowest BCUT2D eigenvalue weighted by atomic mass is 10.2. The number of esters is 2. The number of hydrogen-bond donors (Lipinski definition) is 1. The normalized spacial score (nSPS) is 16.7. The number of rotatable bonds is 0. The van der Waals surface area contributed by atoms with E-state index in [1.165, 1.54) is 0 Å². The highest BCUT2D eigenvalue weighted by atomic mass is 16.6. The lowest BCUT2D eigenvalue weighted by Gasteiger charge is -2.06. The molecule has 1 fully saturated rings. The molecule has 1 aliphatic rings. The van der Waals surface area contributed by atoms with Gasteiger partial charge in [0.2, 0.25) is 0 Å². The maximum absolute atomic E-state index is 10.2. The summed E-state index contributed by atoms with van der Waals surface area (Å²) in [6.45, 7) is 3.89. The Hall–Kier alpha value is -0.900. The summed E-state index contributed by atoms with van der Waals surface area (Å²) in [5, 5.41) is 0. The summed E-state index contributed by atoms with van der Waals surface area (Å²) >= 11 is 0. The van der Waals surface area contributed by atoms with Crippen molar-refractivity contribution in [3.05, 3.63) is 0 Å². The Morgan fingerprint density at radius 1 is 1.25 bits per heavy atom. The first-order valence-corrected chi connectivity index (χ1v) is 4.01. The first-order valence-electron chi connectivity index (χ1n) is 4.01. The predicted molar refractivity (Wildman–Crippen MR) is 44.3 cm³/mol. The Balaban J connectivity index is 0.000000261. The van der Waals surface area contributed by atoms with Crippen LogP contribution in [-0.2, 0) is 14.3 Å². The minimum Gasteiger partial charge on any atom is -0.393 e. The van der Waals surface area contributed by atoms with Crippen molar-refractivity contribution in [2.75, 3.05) is 0 Å². The van der Waals surface area contributed by atoms with Gasteiger partial charge in [-0.2, -0.15) is 0 Å². The maximum Gasteiger partial charge on any atom is 0.313 e. The molecule has 2 N–H and O–H groups in total. The van der Waals surface area contributed by atoms with Crippen LogP contribution in [0.3, 0.4) is 0 Å². The zero-order valence-corrected chi connectivity index (χ0v) is 7.50. The number of carbonyl (C=O) groups excluding carboxylic acids is 2. The Morgan fingerprint density at radius 3 is 1.75 bits per heavy atom. The van der Waals surface area contributed by atoms with Gasteiger partial charge in [-0.3, -0.25) is 9.59 Å². The molecule has 0 amide bonds. The van der Waals surface area contributed by atoms with Gasteiger partial charge in [0.25, 0.3) is 0 Å². The van der Waals surface area contributed by atoms with Crippen LogP contribution in [-0.4, -0.2) is 18.0 Å². The van der Waals surface area contributed by atoms with Crippen LogP contribution in [0, 0.1) is 0 Å². The molecule has 1 heterocycles. The second-order valence-electron chi connectivity index (χ2n) is 2.94. The first kappa shape index (κ1) is 11.1. The molecule has 0 spiro atoms. The molecule has 12 heavy (non-hydrogen) atoms. The minimum absolute atomic E-state index is 0.333. The number of hydrogen-bond acceptors (Lipinski definition) is 4. The summed E-state index contributed by atoms with van der Waals surface area (Å²) in [7, 11) is 0. The molecule has 0 radical (unpaired) electrons. The third kappa shape index (κ3) is 7.21. The van der Waals surface area contributed by atoms with Gasteiger partial charge in [0.05, 0.1) is 0 Å². The van der Waals surface area contributed by atoms with Crippen LogP contribution >= 0.6 is 0 Å². The number of ether oxygens (including phenoxy) is 1.